The van der Waals surface area contributed by atoms with Crippen LogP contribution in [0.5, 0.6) is 5.75 Å². The predicted octanol–water partition coefficient (Wildman–Crippen LogP) is 3.42. The second-order valence-electron chi connectivity index (χ2n) is 3.04. The Labute approximate surface area is 103 Å². The van der Waals surface area contributed by atoms with E-state index in [0.29, 0.717) is 0 Å². The molecule has 1 aromatic rings. The molecule has 0 aromatic heterocycles. The standard InChI is InChI=1S/C10H5BrF3NO2/c1-5(16)7-2-6(11)3-9(8(7)4-15)17-10(12,13)14/h2-3H,1H3. The molecule has 0 saturated heterocycles. The van der Waals surface area contributed by atoms with E-state index >= 15 is 0 Å². The van der Waals surface area contributed by atoms with Gasteiger partial charge in [-0.15, -0.1) is 13.2 Å². The van der Waals surface area contributed by atoms with Crippen molar-refractivity contribution >= 4 is 21.7 Å². The van der Waals surface area contributed by atoms with Gasteiger partial charge in [0.25, 0.3) is 0 Å². The number of hydrogen-bond donors (Lipinski definition) is 0. The summed E-state index contributed by atoms with van der Waals surface area (Å²) in [5.41, 5.74) is -0.556. The molecule has 0 amide bonds. The first-order chi connectivity index (χ1) is 7.74. The molecule has 0 N–H and O–H groups in total. The summed E-state index contributed by atoms with van der Waals surface area (Å²) in [4.78, 5) is 11.2. The van der Waals surface area contributed by atoms with Gasteiger partial charge < -0.3 is 4.74 Å². The number of benzene rings is 1. The Morgan fingerprint density at radius 3 is 2.47 bits per heavy atom. The lowest BCUT2D eigenvalue weighted by Gasteiger charge is -2.12. The number of carbonyl (C=O) groups excluding carboxylic acids is 1. The van der Waals surface area contributed by atoms with Crippen molar-refractivity contribution in [2.75, 3.05) is 0 Å². The zero-order valence-electron chi connectivity index (χ0n) is 8.43. The van der Waals surface area contributed by atoms with Crippen LogP contribution in [0.3, 0.4) is 0 Å². The molecule has 90 valence electrons. The van der Waals surface area contributed by atoms with Crippen LogP contribution in [0.2, 0.25) is 0 Å². The highest BCUT2D eigenvalue weighted by Crippen LogP contribution is 2.31. The molecule has 7 heteroatoms. The largest absolute Gasteiger partial charge is 0.573 e. The quantitative estimate of drug-likeness (QED) is 0.787. The monoisotopic (exact) mass is 307 g/mol. The molecule has 3 nitrogen and oxygen atoms in total. The van der Waals surface area contributed by atoms with Crippen LogP contribution in [0.4, 0.5) is 13.2 Å². The van der Waals surface area contributed by atoms with E-state index in [1.165, 1.54) is 12.1 Å². The Hall–Kier alpha value is -1.55. The number of carbonyl (C=O) groups is 1. The minimum Gasteiger partial charge on any atom is -0.404 e. The number of rotatable bonds is 2. The van der Waals surface area contributed by atoms with Gasteiger partial charge >= 0.3 is 6.36 Å². The lowest BCUT2D eigenvalue weighted by Crippen LogP contribution is -2.18. The zero-order chi connectivity index (χ0) is 13.2. The molecule has 0 heterocycles. The smallest absolute Gasteiger partial charge is 0.404 e. The van der Waals surface area contributed by atoms with E-state index < -0.39 is 23.5 Å². The first-order valence-electron chi connectivity index (χ1n) is 4.25. The third-order valence-corrected chi connectivity index (χ3v) is 2.24. The summed E-state index contributed by atoms with van der Waals surface area (Å²) in [6.07, 6.45) is -4.92. The molecule has 0 aliphatic rings. The van der Waals surface area contributed by atoms with Crippen molar-refractivity contribution in [2.45, 2.75) is 13.3 Å². The average molecular weight is 308 g/mol. The summed E-state index contributed by atoms with van der Waals surface area (Å²) in [5, 5.41) is 8.77. The normalized spacial score (nSPS) is 10.8. The molecular formula is C10H5BrF3NO2. The Bertz CT molecular complexity index is 505. The van der Waals surface area contributed by atoms with Crippen LogP contribution in [0, 0.1) is 11.3 Å². The molecule has 0 saturated carbocycles. The summed E-state index contributed by atoms with van der Waals surface area (Å²) >= 11 is 2.94. The van der Waals surface area contributed by atoms with Crippen LogP contribution in [0.25, 0.3) is 0 Å². The number of nitrogens with zero attached hydrogens (tertiary/aromatic N) is 1. The molecule has 0 spiro atoms. The Morgan fingerprint density at radius 1 is 1.47 bits per heavy atom. The van der Waals surface area contributed by atoms with Crippen molar-refractivity contribution in [3.63, 3.8) is 0 Å². The Balaban J connectivity index is 3.40. The van der Waals surface area contributed by atoms with Gasteiger partial charge in [0, 0.05) is 10.0 Å². The second kappa shape index (κ2) is 4.75. The van der Waals surface area contributed by atoms with Crippen LogP contribution < -0.4 is 4.74 Å². The van der Waals surface area contributed by atoms with Gasteiger partial charge in [-0.25, -0.2) is 0 Å². The fourth-order valence-electron chi connectivity index (χ4n) is 1.18. The maximum absolute atomic E-state index is 12.1. The molecule has 17 heavy (non-hydrogen) atoms. The lowest BCUT2D eigenvalue weighted by molar-refractivity contribution is -0.274. The van der Waals surface area contributed by atoms with Crippen molar-refractivity contribution in [2.24, 2.45) is 0 Å². The molecule has 0 radical (unpaired) electrons. The van der Waals surface area contributed by atoms with E-state index in [2.05, 4.69) is 20.7 Å². The molecule has 0 unspecified atom stereocenters. The van der Waals surface area contributed by atoms with Gasteiger partial charge in [-0.1, -0.05) is 15.9 Å². The molecule has 0 atom stereocenters. The second-order valence-corrected chi connectivity index (χ2v) is 3.96. The number of nitriles is 1. The topological polar surface area (TPSA) is 50.1 Å². The number of halogens is 4. The highest BCUT2D eigenvalue weighted by atomic mass is 79.9. The van der Waals surface area contributed by atoms with Gasteiger partial charge in [0.1, 0.15) is 17.4 Å². The van der Waals surface area contributed by atoms with E-state index in [-0.39, 0.29) is 10.0 Å². The minimum atomic E-state index is -4.92. The van der Waals surface area contributed by atoms with Crippen LogP contribution in [-0.2, 0) is 0 Å². The predicted molar refractivity (Wildman–Crippen MR) is 55.5 cm³/mol. The van der Waals surface area contributed by atoms with Crippen molar-refractivity contribution < 1.29 is 22.7 Å². The molecule has 1 rings (SSSR count). The summed E-state index contributed by atoms with van der Waals surface area (Å²) in [5.74, 6) is -1.21. The minimum absolute atomic E-state index is 0.124. The van der Waals surface area contributed by atoms with E-state index in [4.69, 9.17) is 5.26 Å². The number of ketones is 1. The molecule has 0 aliphatic carbocycles. The molecule has 0 bridgehead atoms. The van der Waals surface area contributed by atoms with Crippen molar-refractivity contribution in [1.29, 1.82) is 5.26 Å². The highest BCUT2D eigenvalue weighted by molar-refractivity contribution is 9.10. The van der Waals surface area contributed by atoms with Crippen molar-refractivity contribution in [1.82, 2.24) is 0 Å². The zero-order valence-corrected chi connectivity index (χ0v) is 10.0. The SMILES string of the molecule is CC(=O)c1cc(Br)cc(OC(F)(F)F)c1C#N. The van der Waals surface area contributed by atoms with Crippen LogP contribution in [0.1, 0.15) is 22.8 Å². The average Bonchev–Trinajstić information content (AvgIpc) is 2.14. The van der Waals surface area contributed by atoms with E-state index in [9.17, 15) is 18.0 Å². The third kappa shape index (κ3) is 3.46. The summed E-state index contributed by atoms with van der Waals surface area (Å²) in [7, 11) is 0. The van der Waals surface area contributed by atoms with Gasteiger partial charge in [0.05, 0.1) is 0 Å². The summed E-state index contributed by atoms with van der Waals surface area (Å²) in [6, 6.07) is 3.78. The van der Waals surface area contributed by atoms with Crippen molar-refractivity contribution in [3.05, 3.63) is 27.7 Å². The number of ether oxygens (including phenoxy) is 1. The van der Waals surface area contributed by atoms with Crippen molar-refractivity contribution in [3.8, 4) is 11.8 Å². The molecule has 0 aliphatic heterocycles. The number of Topliss-reactive ketones (excluding diaryl/α,β-unsaturated/α-hetero) is 1. The van der Waals surface area contributed by atoms with Gasteiger partial charge in [0.2, 0.25) is 0 Å². The lowest BCUT2D eigenvalue weighted by atomic mass is 10.0. The van der Waals surface area contributed by atoms with Gasteiger partial charge in [0.15, 0.2) is 5.78 Å². The van der Waals surface area contributed by atoms with Gasteiger partial charge in [-0.2, -0.15) is 5.26 Å². The summed E-state index contributed by atoms with van der Waals surface area (Å²) < 4.78 is 40.2. The van der Waals surface area contributed by atoms with Crippen LogP contribution >= 0.6 is 15.9 Å². The highest BCUT2D eigenvalue weighted by Gasteiger charge is 2.33. The fourth-order valence-corrected chi connectivity index (χ4v) is 1.62. The first kappa shape index (κ1) is 13.5. The Kier molecular flexibility index (Phi) is 3.78. The van der Waals surface area contributed by atoms with E-state index in [1.807, 2.05) is 0 Å². The van der Waals surface area contributed by atoms with E-state index in [1.54, 1.807) is 0 Å². The van der Waals surface area contributed by atoms with Gasteiger partial charge in [-0.3, -0.25) is 4.79 Å². The molecule has 0 fully saturated rings. The molecule has 1 aromatic carbocycles. The Morgan fingerprint density at radius 2 is 2.06 bits per heavy atom. The van der Waals surface area contributed by atoms with Crippen LogP contribution in [0.15, 0.2) is 16.6 Å². The van der Waals surface area contributed by atoms with E-state index in [0.717, 1.165) is 13.0 Å². The fraction of sp³-hybridized carbons (Fsp3) is 0.200. The maximum Gasteiger partial charge on any atom is 0.573 e. The maximum atomic E-state index is 12.1. The molecular weight excluding hydrogens is 303 g/mol. The number of alkyl halides is 3. The van der Waals surface area contributed by atoms with Gasteiger partial charge in [-0.05, 0) is 19.1 Å². The number of hydrogen-bond acceptors (Lipinski definition) is 3. The first-order valence-corrected chi connectivity index (χ1v) is 5.04. The summed E-state index contributed by atoms with van der Waals surface area (Å²) in [6.45, 7) is 1.15. The third-order valence-electron chi connectivity index (χ3n) is 1.78. The van der Waals surface area contributed by atoms with Crippen LogP contribution in [-0.4, -0.2) is 12.1 Å².